The number of anilines is 1. The van der Waals surface area contributed by atoms with Crippen LogP contribution in [0.25, 0.3) is 0 Å². The van der Waals surface area contributed by atoms with Crippen LogP contribution in [-0.4, -0.2) is 77.6 Å². The van der Waals surface area contributed by atoms with Crippen LogP contribution in [0.2, 0.25) is 0 Å². The first kappa shape index (κ1) is 32.5. The third kappa shape index (κ3) is 7.49. The Morgan fingerprint density at radius 3 is 2.29 bits per heavy atom. The summed E-state index contributed by atoms with van der Waals surface area (Å²) in [6, 6.07) is 5.74. The van der Waals surface area contributed by atoms with Gasteiger partial charge in [-0.25, -0.2) is 0 Å². The number of carbonyl (C=O) groups excluding carboxylic acids is 2. The van der Waals surface area contributed by atoms with E-state index in [0.29, 0.717) is 50.6 Å². The number of nitro groups is 1. The van der Waals surface area contributed by atoms with Gasteiger partial charge in [0.25, 0.3) is 11.6 Å². The van der Waals surface area contributed by atoms with Gasteiger partial charge in [-0.2, -0.15) is 26.3 Å². The van der Waals surface area contributed by atoms with Gasteiger partial charge in [0.2, 0.25) is 0 Å². The summed E-state index contributed by atoms with van der Waals surface area (Å²) in [7, 11) is 0. The zero-order chi connectivity index (χ0) is 32.5. The van der Waals surface area contributed by atoms with Crippen LogP contribution in [0, 0.1) is 10.1 Å². The van der Waals surface area contributed by atoms with Crippen LogP contribution in [-0.2, 0) is 33.1 Å². The number of nitrogens with one attached hydrogen (secondary N) is 1. The van der Waals surface area contributed by atoms with Gasteiger partial charge < -0.3 is 19.7 Å². The van der Waals surface area contributed by atoms with E-state index in [1.165, 1.54) is 12.1 Å². The molecule has 1 aliphatic carbocycles. The number of hydrogen-bond acceptors (Lipinski definition) is 8. The summed E-state index contributed by atoms with van der Waals surface area (Å²) >= 11 is 0. The van der Waals surface area contributed by atoms with Gasteiger partial charge >= 0.3 is 12.4 Å². The van der Waals surface area contributed by atoms with E-state index in [0.717, 1.165) is 24.3 Å². The summed E-state index contributed by atoms with van der Waals surface area (Å²) in [5.74, 6) is -0.0951. The van der Waals surface area contributed by atoms with Crippen molar-refractivity contribution in [2.75, 3.05) is 31.5 Å². The average molecular weight is 645 g/mol. The van der Waals surface area contributed by atoms with E-state index >= 15 is 0 Å². The molecule has 0 spiro atoms. The molecule has 1 saturated heterocycles. The van der Waals surface area contributed by atoms with Crippen molar-refractivity contribution in [3.05, 3.63) is 63.2 Å². The summed E-state index contributed by atoms with van der Waals surface area (Å²) in [6.07, 6.45) is -8.64. The summed E-state index contributed by atoms with van der Waals surface area (Å²) in [5.41, 5.74) is -2.71. The molecule has 2 aliphatic heterocycles. The standard InChI is InChI=1S/C29H30F6N4O6/c30-28(31,32)18-1-8-24-17(13-18)14-25(45-24)27(41)38-11-9-37(10-12-38)26(16-40)44-21-5-2-19(3-6-21)36-20-4-7-23(39(42)43)22(15-20)29(33,34)35/h1,4,7-8,13,15-16,19,21,25-26,36H,2-3,5-6,9-12,14H2. The number of fused-ring (bicyclic) bond motifs is 1. The molecule has 45 heavy (non-hydrogen) atoms. The number of piperazine rings is 1. The number of carbonyl (C=O) groups is 2. The van der Waals surface area contributed by atoms with Gasteiger partial charge in [-0.15, -0.1) is 0 Å². The number of nitrogens with zero attached hydrogens (tertiary/aromatic N) is 3. The van der Waals surface area contributed by atoms with E-state index in [1.54, 1.807) is 9.80 Å². The number of amides is 1. The molecular weight excluding hydrogens is 614 g/mol. The van der Waals surface area contributed by atoms with Gasteiger partial charge in [0, 0.05) is 50.4 Å². The highest BCUT2D eigenvalue weighted by molar-refractivity contribution is 5.83. The average Bonchev–Trinajstić information content (AvgIpc) is 3.43. The molecule has 2 atom stereocenters. The molecule has 0 aromatic heterocycles. The molecule has 2 aromatic rings. The smallest absolute Gasteiger partial charge is 0.423 e. The Kier molecular flexibility index (Phi) is 9.26. The van der Waals surface area contributed by atoms with Crippen LogP contribution in [0.4, 0.5) is 37.7 Å². The topological polar surface area (TPSA) is 114 Å². The molecule has 16 heteroatoms. The van der Waals surface area contributed by atoms with Crippen LogP contribution in [0.1, 0.15) is 42.4 Å². The van der Waals surface area contributed by atoms with E-state index in [9.17, 15) is 46.0 Å². The monoisotopic (exact) mass is 644 g/mol. The zero-order valence-corrected chi connectivity index (χ0v) is 23.8. The van der Waals surface area contributed by atoms with Crippen LogP contribution < -0.4 is 10.1 Å². The highest BCUT2D eigenvalue weighted by atomic mass is 19.4. The molecule has 1 amide bonds. The maximum absolute atomic E-state index is 13.3. The van der Waals surface area contributed by atoms with Crippen molar-refractivity contribution in [2.24, 2.45) is 0 Å². The fourth-order valence-electron chi connectivity index (χ4n) is 5.96. The van der Waals surface area contributed by atoms with E-state index in [-0.39, 0.29) is 49.0 Å². The zero-order valence-electron chi connectivity index (χ0n) is 23.8. The number of ether oxygens (including phenoxy) is 2. The van der Waals surface area contributed by atoms with E-state index in [4.69, 9.17) is 9.47 Å². The molecule has 2 unspecified atom stereocenters. The molecular formula is C29H30F6N4O6. The first-order valence-electron chi connectivity index (χ1n) is 14.4. The Labute approximate surface area is 253 Å². The lowest BCUT2D eigenvalue weighted by Crippen LogP contribution is -2.55. The van der Waals surface area contributed by atoms with Crippen molar-refractivity contribution < 1.29 is 50.3 Å². The maximum Gasteiger partial charge on any atom is 0.423 e. The van der Waals surface area contributed by atoms with Gasteiger partial charge in [-0.05, 0) is 61.6 Å². The molecule has 1 saturated carbocycles. The maximum atomic E-state index is 13.3. The second-order valence-corrected chi connectivity index (χ2v) is 11.3. The Hall–Kier alpha value is -3.92. The number of rotatable bonds is 8. The normalized spacial score (nSPS) is 23.2. The lowest BCUT2D eigenvalue weighted by Gasteiger charge is -2.39. The van der Waals surface area contributed by atoms with Crippen molar-refractivity contribution in [3.63, 3.8) is 0 Å². The number of benzene rings is 2. The molecule has 1 N–H and O–H groups in total. The van der Waals surface area contributed by atoms with Gasteiger partial charge in [-0.3, -0.25) is 24.6 Å². The Morgan fingerprint density at radius 1 is 1.00 bits per heavy atom. The summed E-state index contributed by atoms with van der Waals surface area (Å²) < 4.78 is 90.8. The number of aldehydes is 1. The van der Waals surface area contributed by atoms with Crippen molar-refractivity contribution in [2.45, 2.75) is 68.9 Å². The van der Waals surface area contributed by atoms with E-state index in [1.807, 2.05) is 0 Å². The predicted octanol–water partition coefficient (Wildman–Crippen LogP) is 5.05. The van der Waals surface area contributed by atoms with Crippen LogP contribution in [0.3, 0.4) is 0 Å². The summed E-state index contributed by atoms with van der Waals surface area (Å²) in [5, 5.41) is 14.0. The van der Waals surface area contributed by atoms with Gasteiger partial charge in [-0.1, -0.05) is 0 Å². The van der Waals surface area contributed by atoms with Crippen LogP contribution in [0.5, 0.6) is 5.75 Å². The Morgan fingerprint density at radius 2 is 1.69 bits per heavy atom. The second kappa shape index (κ2) is 12.8. The molecule has 2 aromatic carbocycles. The second-order valence-electron chi connectivity index (χ2n) is 11.3. The highest BCUT2D eigenvalue weighted by Gasteiger charge is 2.40. The molecule has 0 radical (unpaired) electrons. The summed E-state index contributed by atoms with van der Waals surface area (Å²) in [4.78, 5) is 38.2. The van der Waals surface area contributed by atoms with Crippen molar-refractivity contribution in [1.82, 2.24) is 9.80 Å². The summed E-state index contributed by atoms with van der Waals surface area (Å²) in [6.45, 7) is 1.18. The molecule has 0 bridgehead atoms. The van der Waals surface area contributed by atoms with Gasteiger partial charge in [0.15, 0.2) is 18.6 Å². The minimum absolute atomic E-state index is 0.0313. The Bertz CT molecular complexity index is 1420. The third-order valence-corrected chi connectivity index (χ3v) is 8.32. The van der Waals surface area contributed by atoms with E-state index in [2.05, 4.69) is 5.32 Å². The number of alkyl halides is 6. The number of nitro benzene ring substituents is 1. The lowest BCUT2D eigenvalue weighted by atomic mass is 9.92. The minimum atomic E-state index is -4.88. The van der Waals surface area contributed by atoms with Gasteiger partial charge in [0.05, 0.1) is 16.6 Å². The van der Waals surface area contributed by atoms with Crippen molar-refractivity contribution >= 4 is 23.6 Å². The number of halogens is 6. The van der Waals surface area contributed by atoms with Crippen LogP contribution >= 0.6 is 0 Å². The molecule has 10 nitrogen and oxygen atoms in total. The molecule has 2 fully saturated rings. The minimum Gasteiger partial charge on any atom is -0.480 e. The Balaban J connectivity index is 1.08. The fraction of sp³-hybridized carbons (Fsp3) is 0.517. The largest absolute Gasteiger partial charge is 0.480 e. The van der Waals surface area contributed by atoms with Crippen molar-refractivity contribution in [1.29, 1.82) is 0 Å². The predicted molar refractivity (Wildman–Crippen MR) is 146 cm³/mol. The van der Waals surface area contributed by atoms with Gasteiger partial charge in [0.1, 0.15) is 11.3 Å². The first-order valence-corrected chi connectivity index (χ1v) is 14.4. The quantitative estimate of drug-likeness (QED) is 0.184. The fourth-order valence-corrected chi connectivity index (χ4v) is 5.96. The van der Waals surface area contributed by atoms with E-state index < -0.39 is 46.4 Å². The first-order chi connectivity index (χ1) is 21.2. The molecule has 244 valence electrons. The van der Waals surface area contributed by atoms with Crippen molar-refractivity contribution in [3.8, 4) is 5.75 Å². The highest BCUT2D eigenvalue weighted by Crippen LogP contribution is 2.39. The van der Waals surface area contributed by atoms with Crippen LogP contribution in [0.15, 0.2) is 36.4 Å². The number of hydrogen-bond donors (Lipinski definition) is 1. The third-order valence-electron chi connectivity index (χ3n) is 8.32. The lowest BCUT2D eigenvalue weighted by molar-refractivity contribution is -0.388. The molecule has 5 rings (SSSR count). The molecule has 2 heterocycles. The SMILES string of the molecule is O=CC(OC1CCC(Nc2ccc([N+](=O)[O-])c(C(F)(F)F)c2)CC1)N1CCN(C(=O)C2Cc3cc(C(F)(F)F)ccc3O2)CC1. The molecule has 3 aliphatic rings.